The fraction of sp³-hybridized carbons (Fsp3) is 0.600. The molecule has 148 valence electrons. The van der Waals surface area contributed by atoms with Crippen LogP contribution >= 0.6 is 11.6 Å². The first kappa shape index (κ1) is 21.5. The van der Waals surface area contributed by atoms with Crippen molar-refractivity contribution < 1.29 is 19.3 Å². The van der Waals surface area contributed by atoms with Crippen LogP contribution in [0.15, 0.2) is 24.3 Å². The number of rotatable bonds is 8. The van der Waals surface area contributed by atoms with Crippen LogP contribution in [0.3, 0.4) is 0 Å². The van der Waals surface area contributed by atoms with Crippen LogP contribution in [-0.2, 0) is 4.79 Å². The van der Waals surface area contributed by atoms with E-state index in [1.807, 2.05) is 38.1 Å². The highest BCUT2D eigenvalue weighted by Gasteiger charge is 2.32. The molecule has 1 aliphatic heterocycles. The van der Waals surface area contributed by atoms with Crippen molar-refractivity contribution in [3.63, 3.8) is 0 Å². The second-order valence-corrected chi connectivity index (χ2v) is 8.18. The number of benzene rings is 1. The van der Waals surface area contributed by atoms with Crippen molar-refractivity contribution in [3.05, 3.63) is 29.3 Å². The molecule has 0 aliphatic carbocycles. The molecule has 6 nitrogen and oxygen atoms in total. The zero-order valence-electron chi connectivity index (χ0n) is 16.5. The fourth-order valence-corrected chi connectivity index (χ4v) is 3.22. The summed E-state index contributed by atoms with van der Waals surface area (Å²) in [6.45, 7) is 11.7. The van der Waals surface area contributed by atoms with Crippen LogP contribution in [0.25, 0.3) is 0 Å². The van der Waals surface area contributed by atoms with Crippen molar-refractivity contribution in [2.24, 2.45) is 5.92 Å². The minimum Gasteiger partial charge on any atom is -0.488 e. The smallest absolute Gasteiger partial charge is 0.276 e. The SMILES string of the molecule is CC(C)[C@@](C)(C#N)NC(=O)C[NH+]1CC[NH+](CCOc2ccc(Cl)cc2)CC1. The number of carbonyl (C=O) groups is 1. The van der Waals surface area contributed by atoms with Gasteiger partial charge >= 0.3 is 0 Å². The topological polar surface area (TPSA) is 71.0 Å². The Labute approximate surface area is 167 Å². The zero-order valence-corrected chi connectivity index (χ0v) is 17.2. The van der Waals surface area contributed by atoms with Crippen LogP contribution in [0, 0.1) is 17.2 Å². The molecule has 7 heteroatoms. The number of nitriles is 1. The maximum Gasteiger partial charge on any atom is 0.276 e. The van der Waals surface area contributed by atoms with E-state index < -0.39 is 5.54 Å². The molecule has 1 atom stereocenters. The van der Waals surface area contributed by atoms with Gasteiger partial charge in [0.15, 0.2) is 6.54 Å². The number of quaternary nitrogens is 2. The summed E-state index contributed by atoms with van der Waals surface area (Å²) in [5.74, 6) is 0.867. The van der Waals surface area contributed by atoms with Gasteiger partial charge in [0.1, 0.15) is 50.6 Å². The molecule has 0 unspecified atom stereocenters. The standard InChI is InChI=1S/C20H29ClN4O2/c1-16(2)20(3,15-22)23-19(26)14-25-10-8-24(9-11-25)12-13-27-18-6-4-17(21)5-7-18/h4-7,16H,8-14H2,1-3H3,(H,23,26)/p+2/t20-/m1/s1. The van der Waals surface area contributed by atoms with E-state index in [4.69, 9.17) is 16.3 Å². The second-order valence-electron chi connectivity index (χ2n) is 7.75. The largest absolute Gasteiger partial charge is 0.488 e. The Hall–Kier alpha value is -1.81. The van der Waals surface area contributed by atoms with Crippen LogP contribution in [-0.4, -0.2) is 57.3 Å². The van der Waals surface area contributed by atoms with E-state index in [2.05, 4.69) is 11.4 Å². The van der Waals surface area contributed by atoms with Gasteiger partial charge in [-0.15, -0.1) is 0 Å². The molecule has 1 heterocycles. The van der Waals surface area contributed by atoms with Crippen molar-refractivity contribution in [2.45, 2.75) is 26.3 Å². The van der Waals surface area contributed by atoms with Crippen LogP contribution in [0.4, 0.5) is 0 Å². The third-order valence-electron chi connectivity index (χ3n) is 5.40. The van der Waals surface area contributed by atoms with Crippen LogP contribution in [0.1, 0.15) is 20.8 Å². The van der Waals surface area contributed by atoms with Crippen molar-refractivity contribution in [1.82, 2.24) is 5.32 Å². The van der Waals surface area contributed by atoms with Gasteiger partial charge in [0, 0.05) is 5.02 Å². The van der Waals surface area contributed by atoms with Gasteiger partial charge in [-0.05, 0) is 37.1 Å². The van der Waals surface area contributed by atoms with Crippen molar-refractivity contribution in [2.75, 3.05) is 45.9 Å². The Kier molecular flexibility index (Phi) is 7.91. The van der Waals surface area contributed by atoms with Gasteiger partial charge in [0.25, 0.3) is 5.91 Å². The lowest BCUT2D eigenvalue weighted by Crippen LogP contribution is -3.28. The van der Waals surface area contributed by atoms with Crippen LogP contribution in [0.2, 0.25) is 5.02 Å². The first-order valence-electron chi connectivity index (χ1n) is 9.60. The van der Waals surface area contributed by atoms with E-state index >= 15 is 0 Å². The molecule has 0 saturated carbocycles. The first-order valence-corrected chi connectivity index (χ1v) is 9.98. The fourth-order valence-electron chi connectivity index (χ4n) is 3.09. The summed E-state index contributed by atoms with van der Waals surface area (Å²) in [6, 6.07) is 9.64. The molecule has 0 aromatic heterocycles. The van der Waals surface area contributed by atoms with Gasteiger partial charge in [0.2, 0.25) is 0 Å². The second kappa shape index (κ2) is 9.93. The zero-order chi connectivity index (χ0) is 19.9. The summed E-state index contributed by atoms with van der Waals surface area (Å²) in [5.41, 5.74) is -0.803. The number of piperazine rings is 1. The molecule has 1 aliphatic rings. The molecule has 1 aromatic carbocycles. The molecule has 1 fully saturated rings. The van der Waals surface area contributed by atoms with Gasteiger partial charge < -0.3 is 19.9 Å². The van der Waals surface area contributed by atoms with Crippen molar-refractivity contribution >= 4 is 17.5 Å². The third kappa shape index (κ3) is 6.69. The molecular formula is C20H31ClN4O2+2. The number of amides is 1. The highest BCUT2D eigenvalue weighted by Crippen LogP contribution is 2.15. The van der Waals surface area contributed by atoms with Crippen molar-refractivity contribution in [1.29, 1.82) is 5.26 Å². The molecule has 3 N–H and O–H groups in total. The average molecular weight is 395 g/mol. The molecule has 2 rings (SSSR count). The van der Waals surface area contributed by atoms with Gasteiger partial charge in [-0.1, -0.05) is 25.4 Å². The minimum atomic E-state index is -0.803. The Morgan fingerprint density at radius 3 is 2.41 bits per heavy atom. The predicted molar refractivity (Wildman–Crippen MR) is 105 cm³/mol. The molecule has 1 amide bonds. The highest BCUT2D eigenvalue weighted by molar-refractivity contribution is 6.30. The first-order chi connectivity index (χ1) is 12.8. The molecule has 0 spiro atoms. The van der Waals surface area contributed by atoms with E-state index in [0.717, 1.165) is 38.5 Å². The molecule has 27 heavy (non-hydrogen) atoms. The number of hydrogen-bond donors (Lipinski definition) is 3. The number of hydrogen-bond acceptors (Lipinski definition) is 3. The monoisotopic (exact) mass is 394 g/mol. The van der Waals surface area contributed by atoms with E-state index in [1.165, 1.54) is 9.80 Å². The van der Waals surface area contributed by atoms with Gasteiger partial charge in [-0.25, -0.2) is 0 Å². The molecular weight excluding hydrogens is 364 g/mol. The lowest BCUT2D eigenvalue weighted by atomic mass is 9.90. The quantitative estimate of drug-likeness (QED) is 0.559. The average Bonchev–Trinajstić information content (AvgIpc) is 2.64. The lowest BCUT2D eigenvalue weighted by Gasteiger charge is -2.31. The van der Waals surface area contributed by atoms with Crippen LogP contribution in [0.5, 0.6) is 5.75 Å². The summed E-state index contributed by atoms with van der Waals surface area (Å²) in [4.78, 5) is 15.1. The van der Waals surface area contributed by atoms with Gasteiger partial charge in [-0.3, -0.25) is 4.79 Å². The van der Waals surface area contributed by atoms with Gasteiger partial charge in [-0.2, -0.15) is 5.26 Å². The molecule has 1 aromatic rings. The highest BCUT2D eigenvalue weighted by atomic mass is 35.5. The number of nitrogens with zero attached hydrogens (tertiary/aromatic N) is 1. The predicted octanol–water partition coefficient (Wildman–Crippen LogP) is -0.443. The maximum absolute atomic E-state index is 12.3. The van der Waals surface area contributed by atoms with E-state index in [9.17, 15) is 10.1 Å². The molecule has 1 saturated heterocycles. The van der Waals surface area contributed by atoms with E-state index in [1.54, 1.807) is 6.92 Å². The Bertz CT molecular complexity index is 651. The summed E-state index contributed by atoms with van der Waals surface area (Å²) < 4.78 is 5.76. The summed E-state index contributed by atoms with van der Waals surface area (Å²) >= 11 is 5.87. The Morgan fingerprint density at radius 2 is 1.85 bits per heavy atom. The normalized spacial score (nSPS) is 21.9. The van der Waals surface area contributed by atoms with E-state index in [-0.39, 0.29) is 11.8 Å². The minimum absolute atomic E-state index is 0.0442. The lowest BCUT2D eigenvalue weighted by molar-refractivity contribution is -1.01. The summed E-state index contributed by atoms with van der Waals surface area (Å²) in [7, 11) is 0. The van der Waals surface area contributed by atoms with Gasteiger partial charge in [0.05, 0.1) is 6.07 Å². The van der Waals surface area contributed by atoms with Crippen LogP contribution < -0.4 is 19.9 Å². The van der Waals surface area contributed by atoms with E-state index in [0.29, 0.717) is 18.2 Å². The van der Waals surface area contributed by atoms with Crippen molar-refractivity contribution in [3.8, 4) is 11.8 Å². The maximum atomic E-state index is 12.3. The number of nitrogens with one attached hydrogen (secondary N) is 3. The Morgan fingerprint density at radius 1 is 1.26 bits per heavy atom. The summed E-state index contributed by atoms with van der Waals surface area (Å²) in [6.07, 6.45) is 0. The number of halogens is 1. The summed E-state index contributed by atoms with van der Waals surface area (Å²) in [5, 5.41) is 12.9. The third-order valence-corrected chi connectivity index (χ3v) is 5.65. The number of carbonyl (C=O) groups excluding carboxylic acids is 1. The molecule has 0 radical (unpaired) electrons. The molecule has 0 bridgehead atoms. The number of ether oxygens (including phenoxy) is 1. The Balaban J connectivity index is 1.67.